The number of ether oxygens (including phenoxy) is 2. The minimum absolute atomic E-state index is 0.0555. The van der Waals surface area contributed by atoms with Crippen LogP contribution in [0.3, 0.4) is 0 Å². The molecular weight excluding hydrogens is 216 g/mol. The molecule has 0 N–H and O–H groups in total. The number of fused-ring (bicyclic) bond motifs is 1. The van der Waals surface area contributed by atoms with Crippen LogP contribution in [0.25, 0.3) is 0 Å². The van der Waals surface area contributed by atoms with Crippen molar-refractivity contribution in [2.24, 2.45) is 17.3 Å². The summed E-state index contributed by atoms with van der Waals surface area (Å²) < 4.78 is 9.05. The van der Waals surface area contributed by atoms with E-state index in [0.29, 0.717) is 12.8 Å². The molecule has 3 aliphatic rings. The number of esters is 4. The Kier molecular flexibility index (Phi) is 1.60. The molecule has 1 spiro atoms. The molecule has 16 heavy (non-hydrogen) atoms. The van der Waals surface area contributed by atoms with Crippen LogP contribution in [0.1, 0.15) is 19.3 Å². The first-order chi connectivity index (χ1) is 7.55. The van der Waals surface area contributed by atoms with E-state index in [1.165, 1.54) is 0 Å². The Hall–Kier alpha value is -1.72. The van der Waals surface area contributed by atoms with Gasteiger partial charge in [-0.1, -0.05) is 0 Å². The lowest BCUT2D eigenvalue weighted by Gasteiger charge is -2.38. The fourth-order valence-corrected chi connectivity index (χ4v) is 2.82. The predicted molar refractivity (Wildman–Crippen MR) is 45.5 cm³/mol. The van der Waals surface area contributed by atoms with E-state index in [0.717, 1.165) is 0 Å². The molecule has 3 rings (SSSR count). The van der Waals surface area contributed by atoms with E-state index < -0.39 is 41.1 Å². The zero-order chi connectivity index (χ0) is 11.5. The van der Waals surface area contributed by atoms with Crippen molar-refractivity contribution in [3.05, 3.63) is 0 Å². The molecular formula is C10H8O6. The largest absolute Gasteiger partial charge is 0.392 e. The highest BCUT2D eigenvalue weighted by Crippen LogP contribution is 2.52. The zero-order valence-electron chi connectivity index (χ0n) is 8.23. The van der Waals surface area contributed by atoms with Crippen molar-refractivity contribution in [3.8, 4) is 0 Å². The molecule has 0 radical (unpaired) electrons. The van der Waals surface area contributed by atoms with E-state index in [9.17, 15) is 19.2 Å². The van der Waals surface area contributed by atoms with Crippen LogP contribution in [0.5, 0.6) is 0 Å². The number of hydrogen-bond acceptors (Lipinski definition) is 6. The molecule has 1 saturated carbocycles. The predicted octanol–water partition coefficient (Wildman–Crippen LogP) is -0.444. The van der Waals surface area contributed by atoms with Crippen LogP contribution >= 0.6 is 0 Å². The zero-order valence-corrected chi connectivity index (χ0v) is 8.23. The Morgan fingerprint density at radius 3 is 2.25 bits per heavy atom. The molecule has 6 nitrogen and oxygen atoms in total. The minimum Gasteiger partial charge on any atom is -0.392 e. The van der Waals surface area contributed by atoms with Gasteiger partial charge in [-0.25, -0.2) is 0 Å². The molecule has 0 aromatic rings. The number of carbonyl (C=O) groups is 4. The third-order valence-corrected chi connectivity index (χ3v) is 3.70. The summed E-state index contributed by atoms with van der Waals surface area (Å²) in [6.45, 7) is 0. The first-order valence-corrected chi connectivity index (χ1v) is 5.08. The standard InChI is InChI=1S/C10H8O6/c11-6-4-1-2-5-7(12)16-9(14)10(5,3-4)8(13)15-6/h4-5H,1-3H2. The first-order valence-electron chi connectivity index (χ1n) is 5.08. The van der Waals surface area contributed by atoms with Crippen molar-refractivity contribution in [1.29, 1.82) is 0 Å². The van der Waals surface area contributed by atoms with Gasteiger partial charge in [0.05, 0.1) is 11.8 Å². The van der Waals surface area contributed by atoms with E-state index in [2.05, 4.69) is 9.47 Å². The molecule has 3 unspecified atom stereocenters. The van der Waals surface area contributed by atoms with E-state index in [4.69, 9.17) is 0 Å². The van der Waals surface area contributed by atoms with Crippen molar-refractivity contribution in [3.63, 3.8) is 0 Å². The maximum atomic E-state index is 11.7. The normalized spacial score (nSPS) is 41.5. The lowest BCUT2D eigenvalue weighted by molar-refractivity contribution is -0.187. The van der Waals surface area contributed by atoms with Crippen LogP contribution < -0.4 is 0 Å². The lowest BCUT2D eigenvalue weighted by Crippen LogP contribution is -2.53. The fourth-order valence-electron chi connectivity index (χ4n) is 2.82. The second kappa shape index (κ2) is 2.69. The van der Waals surface area contributed by atoms with Crippen LogP contribution in [-0.4, -0.2) is 23.9 Å². The van der Waals surface area contributed by atoms with Crippen molar-refractivity contribution < 1.29 is 28.7 Å². The van der Waals surface area contributed by atoms with Crippen LogP contribution in [0.4, 0.5) is 0 Å². The quantitative estimate of drug-likeness (QED) is 0.409. The number of rotatable bonds is 0. The summed E-state index contributed by atoms with van der Waals surface area (Å²) >= 11 is 0. The second-order valence-corrected chi connectivity index (χ2v) is 4.42. The molecule has 1 aliphatic carbocycles. The topological polar surface area (TPSA) is 86.7 Å². The molecule has 3 fully saturated rings. The van der Waals surface area contributed by atoms with Gasteiger partial charge in [0.25, 0.3) is 0 Å². The monoisotopic (exact) mass is 224 g/mol. The Labute approximate surface area is 89.9 Å². The minimum atomic E-state index is -1.53. The SMILES string of the molecule is O=C1OC(=O)C23CC1CCC2C(=O)OC3=O. The summed E-state index contributed by atoms with van der Waals surface area (Å²) in [6.07, 6.45) is 0.844. The highest BCUT2D eigenvalue weighted by atomic mass is 16.6. The summed E-state index contributed by atoms with van der Waals surface area (Å²) in [5.41, 5.74) is -1.53. The van der Waals surface area contributed by atoms with Gasteiger partial charge in [0.1, 0.15) is 0 Å². The maximum absolute atomic E-state index is 11.7. The molecule has 2 aliphatic heterocycles. The second-order valence-electron chi connectivity index (χ2n) is 4.42. The van der Waals surface area contributed by atoms with Gasteiger partial charge in [0.2, 0.25) is 0 Å². The fraction of sp³-hybridized carbons (Fsp3) is 0.600. The van der Waals surface area contributed by atoms with E-state index in [1.54, 1.807) is 0 Å². The van der Waals surface area contributed by atoms with Gasteiger partial charge in [-0.2, -0.15) is 0 Å². The maximum Gasteiger partial charge on any atom is 0.332 e. The summed E-state index contributed by atoms with van der Waals surface area (Å²) in [5, 5.41) is 0. The van der Waals surface area contributed by atoms with Gasteiger partial charge in [0.15, 0.2) is 5.41 Å². The summed E-state index contributed by atoms with van der Waals surface area (Å²) in [5.74, 6) is -4.28. The molecule has 6 heteroatoms. The van der Waals surface area contributed by atoms with Gasteiger partial charge in [-0.3, -0.25) is 19.2 Å². The van der Waals surface area contributed by atoms with Gasteiger partial charge < -0.3 is 9.47 Å². The molecule has 0 aromatic carbocycles. The lowest BCUT2D eigenvalue weighted by atomic mass is 9.63. The van der Waals surface area contributed by atoms with Crippen molar-refractivity contribution in [2.45, 2.75) is 19.3 Å². The van der Waals surface area contributed by atoms with Crippen LogP contribution in [0, 0.1) is 17.3 Å². The average Bonchev–Trinajstić information content (AvgIpc) is 2.49. The van der Waals surface area contributed by atoms with Gasteiger partial charge in [-0.05, 0) is 19.3 Å². The highest BCUT2D eigenvalue weighted by Gasteiger charge is 2.69. The Morgan fingerprint density at radius 2 is 1.56 bits per heavy atom. The van der Waals surface area contributed by atoms with Crippen LogP contribution in [-0.2, 0) is 28.7 Å². The number of cyclic esters (lactones) is 4. The van der Waals surface area contributed by atoms with Crippen molar-refractivity contribution >= 4 is 23.9 Å². The van der Waals surface area contributed by atoms with Gasteiger partial charge in [0, 0.05) is 0 Å². The summed E-state index contributed by atoms with van der Waals surface area (Å²) in [6, 6.07) is 0. The first kappa shape index (κ1) is 9.50. The van der Waals surface area contributed by atoms with Crippen molar-refractivity contribution in [1.82, 2.24) is 0 Å². The molecule has 84 valence electrons. The third-order valence-electron chi connectivity index (χ3n) is 3.70. The number of carbonyl (C=O) groups excluding carboxylic acids is 4. The van der Waals surface area contributed by atoms with Gasteiger partial charge >= 0.3 is 23.9 Å². The average molecular weight is 224 g/mol. The van der Waals surface area contributed by atoms with Crippen molar-refractivity contribution in [2.75, 3.05) is 0 Å². The van der Waals surface area contributed by atoms with E-state index in [-0.39, 0.29) is 6.42 Å². The Bertz CT molecular complexity index is 439. The molecule has 2 heterocycles. The van der Waals surface area contributed by atoms with E-state index in [1.807, 2.05) is 0 Å². The number of hydrogen-bond donors (Lipinski definition) is 0. The molecule has 0 amide bonds. The summed E-state index contributed by atoms with van der Waals surface area (Å²) in [4.78, 5) is 46.0. The highest BCUT2D eigenvalue weighted by molar-refractivity contribution is 6.15. The smallest absolute Gasteiger partial charge is 0.332 e. The third kappa shape index (κ3) is 0.874. The molecule has 0 aromatic heterocycles. The molecule has 2 saturated heterocycles. The molecule has 2 bridgehead atoms. The van der Waals surface area contributed by atoms with Crippen LogP contribution in [0.2, 0.25) is 0 Å². The Balaban J connectivity index is 2.11. The van der Waals surface area contributed by atoms with E-state index >= 15 is 0 Å². The molecule has 3 atom stereocenters. The van der Waals surface area contributed by atoms with Crippen LogP contribution in [0.15, 0.2) is 0 Å². The Morgan fingerprint density at radius 1 is 0.938 bits per heavy atom. The summed E-state index contributed by atoms with van der Waals surface area (Å²) in [7, 11) is 0. The van der Waals surface area contributed by atoms with Gasteiger partial charge in [-0.15, -0.1) is 0 Å².